The molecule has 0 spiro atoms. The Hall–Kier alpha value is -1.67. The Morgan fingerprint density at radius 1 is 1.35 bits per heavy atom. The smallest absolute Gasteiger partial charge is 0.209 e. The number of furan rings is 1. The van der Waals surface area contributed by atoms with Crippen LogP contribution in [0.4, 0.5) is 0 Å². The highest BCUT2D eigenvalue weighted by Crippen LogP contribution is 2.33. The van der Waals surface area contributed by atoms with Crippen LogP contribution in [0.1, 0.15) is 43.2 Å². The molecule has 0 unspecified atom stereocenters. The second-order valence-electron chi connectivity index (χ2n) is 5.69. The zero-order valence-corrected chi connectivity index (χ0v) is 14.4. The van der Waals surface area contributed by atoms with Crippen molar-refractivity contribution in [2.45, 2.75) is 49.6 Å². The topological polar surface area (TPSA) is 69.6 Å². The largest absolute Gasteiger partial charge is 0.459 e. The van der Waals surface area contributed by atoms with Crippen molar-refractivity contribution in [2.24, 2.45) is 0 Å². The van der Waals surface area contributed by atoms with Crippen LogP contribution in [0, 0.1) is 6.92 Å². The second kappa shape index (κ2) is 6.45. The van der Waals surface area contributed by atoms with E-state index in [0.29, 0.717) is 6.04 Å². The molecule has 3 aromatic rings. The maximum atomic E-state index is 5.62. The predicted octanol–water partition coefficient (Wildman–Crippen LogP) is 4.11. The monoisotopic (exact) mass is 347 g/mol. The molecular formula is C15H17N5OS2. The minimum absolute atomic E-state index is 0.463. The average molecular weight is 347 g/mol. The standard InChI is InChI=1S/C15H17N5OS2/c1-10-6-7-13(21-10)14-16-11(8-22-14)9-23-15-17-18-19-20(15)12-4-2-3-5-12/h6-8,12H,2-5,9H2,1H3. The zero-order chi connectivity index (χ0) is 15.6. The lowest BCUT2D eigenvalue weighted by Gasteiger charge is -2.10. The highest BCUT2D eigenvalue weighted by atomic mass is 32.2. The lowest BCUT2D eigenvalue weighted by molar-refractivity contribution is 0.423. The van der Waals surface area contributed by atoms with E-state index in [2.05, 4.69) is 25.9 Å². The summed E-state index contributed by atoms with van der Waals surface area (Å²) in [4.78, 5) is 4.65. The number of aryl methyl sites for hydroxylation is 1. The van der Waals surface area contributed by atoms with Gasteiger partial charge < -0.3 is 4.42 Å². The maximum absolute atomic E-state index is 5.62. The molecule has 4 rings (SSSR count). The number of thiazole rings is 1. The van der Waals surface area contributed by atoms with Gasteiger partial charge in [0.05, 0.1) is 11.7 Å². The minimum atomic E-state index is 0.463. The van der Waals surface area contributed by atoms with Crippen LogP contribution >= 0.6 is 23.1 Å². The first-order valence-electron chi connectivity index (χ1n) is 7.71. The number of rotatable bonds is 5. The van der Waals surface area contributed by atoms with E-state index in [-0.39, 0.29) is 0 Å². The van der Waals surface area contributed by atoms with Gasteiger partial charge in [-0.3, -0.25) is 0 Å². The third-order valence-electron chi connectivity index (χ3n) is 3.99. The summed E-state index contributed by atoms with van der Waals surface area (Å²) < 4.78 is 7.61. The summed E-state index contributed by atoms with van der Waals surface area (Å²) in [6.07, 6.45) is 4.90. The number of tetrazole rings is 1. The van der Waals surface area contributed by atoms with Crippen molar-refractivity contribution in [1.29, 1.82) is 0 Å². The molecule has 8 heteroatoms. The fourth-order valence-electron chi connectivity index (χ4n) is 2.83. The summed E-state index contributed by atoms with van der Waals surface area (Å²) in [6, 6.07) is 4.39. The second-order valence-corrected chi connectivity index (χ2v) is 7.49. The molecule has 0 N–H and O–H groups in total. The Kier molecular flexibility index (Phi) is 4.17. The lowest BCUT2D eigenvalue weighted by atomic mass is 10.3. The van der Waals surface area contributed by atoms with E-state index in [4.69, 9.17) is 4.42 Å². The van der Waals surface area contributed by atoms with Gasteiger partial charge in [0, 0.05) is 11.1 Å². The van der Waals surface area contributed by atoms with Crippen molar-refractivity contribution in [2.75, 3.05) is 0 Å². The van der Waals surface area contributed by atoms with E-state index in [1.165, 1.54) is 25.7 Å². The molecule has 0 bridgehead atoms. The normalized spacial score (nSPS) is 15.5. The van der Waals surface area contributed by atoms with Gasteiger partial charge in [-0.25, -0.2) is 9.67 Å². The molecule has 0 amide bonds. The van der Waals surface area contributed by atoms with E-state index in [0.717, 1.165) is 33.1 Å². The first-order valence-corrected chi connectivity index (χ1v) is 9.58. The van der Waals surface area contributed by atoms with Crippen molar-refractivity contribution in [3.63, 3.8) is 0 Å². The number of hydrogen-bond donors (Lipinski definition) is 0. The Bertz CT molecular complexity index is 787. The summed E-state index contributed by atoms with van der Waals surface area (Å²) in [5, 5.41) is 16.1. The molecule has 1 saturated carbocycles. The summed E-state index contributed by atoms with van der Waals surface area (Å²) in [7, 11) is 0. The van der Waals surface area contributed by atoms with Crippen molar-refractivity contribution in [1.82, 2.24) is 25.2 Å². The minimum Gasteiger partial charge on any atom is -0.459 e. The summed E-state index contributed by atoms with van der Waals surface area (Å²) in [6.45, 7) is 1.94. The van der Waals surface area contributed by atoms with Crippen LogP contribution in [0.15, 0.2) is 27.1 Å². The van der Waals surface area contributed by atoms with Crippen LogP contribution in [-0.4, -0.2) is 25.2 Å². The number of hydrogen-bond acceptors (Lipinski definition) is 7. The third kappa shape index (κ3) is 3.18. The predicted molar refractivity (Wildman–Crippen MR) is 89.4 cm³/mol. The first kappa shape index (κ1) is 14.9. The van der Waals surface area contributed by atoms with E-state index in [1.807, 2.05) is 23.7 Å². The van der Waals surface area contributed by atoms with Crippen molar-refractivity contribution < 1.29 is 4.42 Å². The van der Waals surface area contributed by atoms with E-state index < -0.39 is 0 Å². The molecule has 1 aliphatic rings. The molecule has 0 aliphatic heterocycles. The van der Waals surface area contributed by atoms with Crippen LogP contribution in [-0.2, 0) is 5.75 Å². The van der Waals surface area contributed by atoms with Crippen LogP contribution < -0.4 is 0 Å². The maximum Gasteiger partial charge on any atom is 0.209 e. The number of aromatic nitrogens is 5. The van der Waals surface area contributed by atoms with E-state index in [1.54, 1.807) is 23.1 Å². The van der Waals surface area contributed by atoms with Crippen LogP contribution in [0.3, 0.4) is 0 Å². The molecule has 0 radical (unpaired) electrons. The molecule has 120 valence electrons. The molecule has 0 aromatic carbocycles. The highest BCUT2D eigenvalue weighted by Gasteiger charge is 2.21. The number of nitrogens with zero attached hydrogens (tertiary/aromatic N) is 5. The fourth-order valence-corrected chi connectivity index (χ4v) is 4.55. The molecule has 1 aliphatic carbocycles. The van der Waals surface area contributed by atoms with Gasteiger partial charge in [-0.15, -0.1) is 16.4 Å². The van der Waals surface area contributed by atoms with Gasteiger partial charge in [0.2, 0.25) is 5.16 Å². The lowest BCUT2D eigenvalue weighted by Crippen LogP contribution is -2.08. The molecule has 3 aromatic heterocycles. The van der Waals surface area contributed by atoms with Gasteiger partial charge in [-0.05, 0) is 42.3 Å². The van der Waals surface area contributed by atoms with Crippen LogP contribution in [0.5, 0.6) is 0 Å². The summed E-state index contributed by atoms with van der Waals surface area (Å²) in [5.41, 5.74) is 1.03. The van der Waals surface area contributed by atoms with Crippen molar-refractivity contribution in [3.05, 3.63) is 29.0 Å². The zero-order valence-electron chi connectivity index (χ0n) is 12.8. The quantitative estimate of drug-likeness (QED) is 0.647. The molecule has 0 saturated heterocycles. The molecule has 6 nitrogen and oxygen atoms in total. The molecule has 1 fully saturated rings. The fraction of sp³-hybridized carbons (Fsp3) is 0.467. The van der Waals surface area contributed by atoms with E-state index >= 15 is 0 Å². The average Bonchev–Trinajstić information content (AvgIpc) is 3.31. The highest BCUT2D eigenvalue weighted by molar-refractivity contribution is 7.98. The summed E-state index contributed by atoms with van der Waals surface area (Å²) >= 11 is 3.25. The SMILES string of the molecule is Cc1ccc(-c2nc(CSc3nnnn3C3CCCC3)cs2)o1. The Balaban J connectivity index is 1.44. The van der Waals surface area contributed by atoms with Gasteiger partial charge in [-0.2, -0.15) is 0 Å². The molecule has 23 heavy (non-hydrogen) atoms. The van der Waals surface area contributed by atoms with Crippen LogP contribution in [0.25, 0.3) is 10.8 Å². The molecule has 0 atom stereocenters. The van der Waals surface area contributed by atoms with Gasteiger partial charge in [0.15, 0.2) is 10.8 Å². The summed E-state index contributed by atoms with van der Waals surface area (Å²) in [5.74, 6) is 2.50. The van der Waals surface area contributed by atoms with Crippen LogP contribution in [0.2, 0.25) is 0 Å². The van der Waals surface area contributed by atoms with Crippen molar-refractivity contribution >= 4 is 23.1 Å². The molecule has 3 heterocycles. The van der Waals surface area contributed by atoms with E-state index in [9.17, 15) is 0 Å². The van der Waals surface area contributed by atoms with Gasteiger partial charge in [-0.1, -0.05) is 24.6 Å². The van der Waals surface area contributed by atoms with Crippen molar-refractivity contribution in [3.8, 4) is 10.8 Å². The first-order chi connectivity index (χ1) is 11.3. The Labute approximate surface area is 142 Å². The Morgan fingerprint density at radius 2 is 2.22 bits per heavy atom. The van der Waals surface area contributed by atoms with Gasteiger partial charge in [0.25, 0.3) is 0 Å². The van der Waals surface area contributed by atoms with Gasteiger partial charge in [0.1, 0.15) is 5.76 Å². The Morgan fingerprint density at radius 3 is 3.00 bits per heavy atom. The molecular weight excluding hydrogens is 330 g/mol. The number of thioether (sulfide) groups is 1. The van der Waals surface area contributed by atoms with Gasteiger partial charge >= 0.3 is 0 Å². The third-order valence-corrected chi connectivity index (χ3v) is 5.86.